The van der Waals surface area contributed by atoms with Gasteiger partial charge in [0.05, 0.1) is 24.4 Å². The molecule has 0 aliphatic rings. The van der Waals surface area contributed by atoms with Gasteiger partial charge in [0.25, 0.3) is 5.56 Å². The molecule has 0 aliphatic heterocycles. The standard InChI is InChI=1S/C10H13N5O2S/c1-6-5-7(8-11-10(18)13-12-8)9(16)15(14-6)3-4-17-2/h5H,3-4H2,1-2H3,(H2,11,12,13,18). The summed E-state index contributed by atoms with van der Waals surface area (Å²) in [5, 5.41) is 9.57. The van der Waals surface area contributed by atoms with Gasteiger partial charge >= 0.3 is 0 Å². The van der Waals surface area contributed by atoms with Crippen LogP contribution in [0.5, 0.6) is 0 Å². The molecule has 0 bridgehead atoms. The van der Waals surface area contributed by atoms with Crippen molar-refractivity contribution in [3.05, 3.63) is 26.9 Å². The van der Waals surface area contributed by atoms with E-state index in [9.17, 15) is 4.79 Å². The fourth-order valence-corrected chi connectivity index (χ4v) is 1.71. The predicted molar refractivity (Wildman–Crippen MR) is 67.9 cm³/mol. The summed E-state index contributed by atoms with van der Waals surface area (Å²) in [6, 6.07) is 1.67. The monoisotopic (exact) mass is 267 g/mol. The summed E-state index contributed by atoms with van der Waals surface area (Å²) in [6.07, 6.45) is 0. The van der Waals surface area contributed by atoms with E-state index in [1.54, 1.807) is 13.2 Å². The van der Waals surface area contributed by atoms with Crippen LogP contribution in [0.2, 0.25) is 0 Å². The zero-order chi connectivity index (χ0) is 13.1. The number of H-pyrrole nitrogens is 2. The number of aromatic amines is 2. The first-order valence-corrected chi connectivity index (χ1v) is 5.75. The largest absolute Gasteiger partial charge is 0.383 e. The highest BCUT2D eigenvalue weighted by atomic mass is 32.1. The van der Waals surface area contributed by atoms with E-state index in [-0.39, 0.29) is 5.56 Å². The highest BCUT2D eigenvalue weighted by Crippen LogP contribution is 2.09. The smallest absolute Gasteiger partial charge is 0.277 e. The van der Waals surface area contributed by atoms with Crippen molar-refractivity contribution in [2.24, 2.45) is 0 Å². The van der Waals surface area contributed by atoms with Gasteiger partial charge in [-0.1, -0.05) is 0 Å². The number of aryl methyl sites for hydroxylation is 1. The molecule has 0 saturated carbocycles. The number of rotatable bonds is 4. The van der Waals surface area contributed by atoms with E-state index in [0.29, 0.717) is 29.3 Å². The van der Waals surface area contributed by atoms with Crippen molar-refractivity contribution in [1.29, 1.82) is 0 Å². The van der Waals surface area contributed by atoms with Crippen molar-refractivity contribution in [3.8, 4) is 11.4 Å². The Morgan fingerprint density at radius 2 is 2.28 bits per heavy atom. The van der Waals surface area contributed by atoms with Crippen LogP contribution in [0.25, 0.3) is 11.4 Å². The van der Waals surface area contributed by atoms with Crippen molar-refractivity contribution in [2.75, 3.05) is 13.7 Å². The van der Waals surface area contributed by atoms with E-state index in [4.69, 9.17) is 17.0 Å². The molecule has 2 aromatic rings. The zero-order valence-electron chi connectivity index (χ0n) is 10.1. The van der Waals surface area contributed by atoms with Crippen LogP contribution < -0.4 is 5.56 Å². The Balaban J connectivity index is 2.51. The number of ether oxygens (including phenoxy) is 1. The van der Waals surface area contributed by atoms with Crippen molar-refractivity contribution >= 4 is 12.2 Å². The van der Waals surface area contributed by atoms with Crippen molar-refractivity contribution in [2.45, 2.75) is 13.5 Å². The van der Waals surface area contributed by atoms with E-state index >= 15 is 0 Å². The Bertz CT molecular complexity index is 657. The maximum atomic E-state index is 12.2. The normalized spacial score (nSPS) is 10.8. The molecule has 8 heteroatoms. The fourth-order valence-electron chi connectivity index (χ4n) is 1.57. The maximum Gasteiger partial charge on any atom is 0.277 e. The number of methoxy groups -OCH3 is 1. The van der Waals surface area contributed by atoms with Gasteiger partial charge < -0.3 is 4.74 Å². The van der Waals surface area contributed by atoms with Gasteiger partial charge in [-0.3, -0.25) is 15.0 Å². The Morgan fingerprint density at radius 3 is 2.89 bits per heavy atom. The number of aromatic nitrogens is 5. The molecule has 0 radical (unpaired) electrons. The van der Waals surface area contributed by atoms with Crippen LogP contribution >= 0.6 is 12.2 Å². The first-order chi connectivity index (χ1) is 8.61. The molecule has 0 aliphatic carbocycles. The third-order valence-corrected chi connectivity index (χ3v) is 2.55. The molecule has 2 aromatic heterocycles. The zero-order valence-corrected chi connectivity index (χ0v) is 10.9. The summed E-state index contributed by atoms with van der Waals surface area (Å²) in [5.41, 5.74) is 0.935. The molecule has 0 amide bonds. The predicted octanol–water partition coefficient (Wildman–Crippen LogP) is 0.646. The summed E-state index contributed by atoms with van der Waals surface area (Å²) < 4.78 is 6.61. The number of hydrogen-bond acceptors (Lipinski definition) is 5. The highest BCUT2D eigenvalue weighted by molar-refractivity contribution is 7.71. The lowest BCUT2D eigenvalue weighted by atomic mass is 10.2. The lowest BCUT2D eigenvalue weighted by molar-refractivity contribution is 0.181. The molecular weight excluding hydrogens is 254 g/mol. The molecular formula is C10H13N5O2S. The molecule has 0 saturated heterocycles. The van der Waals surface area contributed by atoms with Crippen molar-refractivity contribution in [3.63, 3.8) is 0 Å². The van der Waals surface area contributed by atoms with Crippen molar-refractivity contribution < 1.29 is 4.74 Å². The second kappa shape index (κ2) is 5.23. The van der Waals surface area contributed by atoms with E-state index in [1.807, 2.05) is 6.92 Å². The molecule has 0 atom stereocenters. The third-order valence-electron chi connectivity index (χ3n) is 2.36. The molecule has 2 rings (SSSR count). The van der Waals surface area contributed by atoms with E-state index in [0.717, 1.165) is 5.69 Å². The van der Waals surface area contributed by atoms with Crippen LogP contribution in [0, 0.1) is 11.7 Å². The Hall–Kier alpha value is -1.80. The van der Waals surface area contributed by atoms with E-state index < -0.39 is 0 Å². The lowest BCUT2D eigenvalue weighted by Crippen LogP contribution is -2.27. The number of nitrogens with zero attached hydrogens (tertiary/aromatic N) is 3. The van der Waals surface area contributed by atoms with Gasteiger partial charge in [0.1, 0.15) is 0 Å². The minimum Gasteiger partial charge on any atom is -0.383 e. The van der Waals surface area contributed by atoms with Gasteiger partial charge in [-0.05, 0) is 25.2 Å². The maximum absolute atomic E-state index is 12.2. The SMILES string of the molecule is COCCn1nc(C)cc(-c2nc(=S)[nH][nH]2)c1=O. The average Bonchev–Trinajstić information content (AvgIpc) is 2.76. The average molecular weight is 267 g/mol. The summed E-state index contributed by atoms with van der Waals surface area (Å²) in [6.45, 7) is 2.63. The Kier molecular flexibility index (Phi) is 3.68. The van der Waals surface area contributed by atoms with Gasteiger partial charge in [0.15, 0.2) is 5.82 Å². The summed E-state index contributed by atoms with van der Waals surface area (Å²) in [5.74, 6) is 0.418. The topological polar surface area (TPSA) is 88.6 Å². The molecule has 2 heterocycles. The molecule has 0 aromatic carbocycles. The molecule has 0 unspecified atom stereocenters. The van der Waals surface area contributed by atoms with Crippen molar-refractivity contribution in [1.82, 2.24) is 25.0 Å². The van der Waals surface area contributed by atoms with Crippen LogP contribution in [0.1, 0.15) is 5.69 Å². The first kappa shape index (κ1) is 12.7. The van der Waals surface area contributed by atoms with Gasteiger partial charge in [-0.15, -0.1) is 0 Å². The number of hydrogen-bond donors (Lipinski definition) is 2. The molecule has 96 valence electrons. The van der Waals surface area contributed by atoms with Crippen LogP contribution in [0.3, 0.4) is 0 Å². The summed E-state index contributed by atoms with van der Waals surface area (Å²) in [4.78, 5) is 16.2. The molecule has 18 heavy (non-hydrogen) atoms. The lowest BCUT2D eigenvalue weighted by Gasteiger charge is -2.06. The van der Waals surface area contributed by atoms with Gasteiger partial charge in [0, 0.05) is 7.11 Å². The fraction of sp³-hybridized carbons (Fsp3) is 0.400. The third kappa shape index (κ3) is 2.54. The van der Waals surface area contributed by atoms with Gasteiger partial charge in [-0.25, -0.2) is 4.68 Å². The minimum absolute atomic E-state index is 0.226. The van der Waals surface area contributed by atoms with Crippen LogP contribution in [-0.2, 0) is 11.3 Å². The molecule has 0 spiro atoms. The van der Waals surface area contributed by atoms with Crippen LogP contribution in [0.15, 0.2) is 10.9 Å². The number of nitrogens with one attached hydrogen (secondary N) is 2. The van der Waals surface area contributed by atoms with Gasteiger partial charge in [-0.2, -0.15) is 10.1 Å². The summed E-state index contributed by atoms with van der Waals surface area (Å²) >= 11 is 4.87. The molecule has 7 nitrogen and oxygen atoms in total. The quantitative estimate of drug-likeness (QED) is 0.794. The Morgan fingerprint density at radius 1 is 1.50 bits per heavy atom. The first-order valence-electron chi connectivity index (χ1n) is 5.34. The molecule has 0 fully saturated rings. The van der Waals surface area contributed by atoms with Crippen LogP contribution in [-0.4, -0.2) is 38.7 Å². The highest BCUT2D eigenvalue weighted by Gasteiger charge is 2.11. The Labute approximate surface area is 108 Å². The van der Waals surface area contributed by atoms with E-state index in [2.05, 4.69) is 20.3 Å². The second-order valence-corrected chi connectivity index (χ2v) is 4.12. The summed E-state index contributed by atoms with van der Waals surface area (Å²) in [7, 11) is 1.58. The second-order valence-electron chi connectivity index (χ2n) is 3.74. The minimum atomic E-state index is -0.226. The van der Waals surface area contributed by atoms with E-state index in [1.165, 1.54) is 4.68 Å². The molecule has 2 N–H and O–H groups in total. The van der Waals surface area contributed by atoms with Crippen LogP contribution in [0.4, 0.5) is 0 Å². The van der Waals surface area contributed by atoms with Gasteiger partial charge in [0.2, 0.25) is 4.77 Å².